The van der Waals surface area contributed by atoms with Gasteiger partial charge in [0, 0.05) is 30.1 Å². The largest absolute Gasteiger partial charge is 0.465 e. The third-order valence-corrected chi connectivity index (χ3v) is 4.79. The molecule has 0 N–H and O–H groups in total. The van der Waals surface area contributed by atoms with Crippen molar-refractivity contribution >= 4 is 17.1 Å². The molecule has 0 fully saturated rings. The third-order valence-electron chi connectivity index (χ3n) is 4.79. The van der Waals surface area contributed by atoms with E-state index in [1.165, 1.54) is 25.4 Å². The number of allylic oxidation sites excluding steroid dienone is 4. The van der Waals surface area contributed by atoms with Gasteiger partial charge >= 0.3 is 5.97 Å². The molecule has 2 rings (SSSR count). The van der Waals surface area contributed by atoms with Gasteiger partial charge in [-0.05, 0) is 50.0 Å². The summed E-state index contributed by atoms with van der Waals surface area (Å²) in [5, 5.41) is 0. The monoisotopic (exact) mass is 415 g/mol. The van der Waals surface area contributed by atoms with E-state index in [2.05, 4.69) is 0 Å². The van der Waals surface area contributed by atoms with Crippen LogP contribution in [0.5, 0.6) is 0 Å². The van der Waals surface area contributed by atoms with Crippen molar-refractivity contribution in [3.63, 3.8) is 0 Å². The van der Waals surface area contributed by atoms with Gasteiger partial charge in [-0.1, -0.05) is 36.8 Å². The van der Waals surface area contributed by atoms with Crippen LogP contribution in [0, 0.1) is 0 Å². The zero-order valence-corrected chi connectivity index (χ0v) is 18.0. The molecule has 6 heteroatoms. The van der Waals surface area contributed by atoms with Gasteiger partial charge in [0.2, 0.25) is 0 Å². The van der Waals surface area contributed by atoms with Crippen LogP contribution in [0.1, 0.15) is 67.7 Å². The molecule has 4 nitrogen and oxygen atoms in total. The summed E-state index contributed by atoms with van der Waals surface area (Å²) in [6.07, 6.45) is 1.50. The van der Waals surface area contributed by atoms with Gasteiger partial charge in [-0.15, -0.1) is 0 Å². The van der Waals surface area contributed by atoms with E-state index in [4.69, 9.17) is 4.74 Å². The maximum absolute atomic E-state index is 13.6. The molecule has 0 aliphatic heterocycles. The molecule has 0 aliphatic rings. The second-order valence-electron chi connectivity index (χ2n) is 7.25. The SMILES string of the molecule is CCCn1cc(C(=O)OC)c(=O)cc1/C(C)=C/C(=C(C)C)c1ccccc1C(F)F. The molecule has 160 valence electrons. The van der Waals surface area contributed by atoms with Gasteiger partial charge in [-0.3, -0.25) is 4.79 Å². The first kappa shape index (κ1) is 23.3. The minimum atomic E-state index is -2.60. The highest BCUT2D eigenvalue weighted by Crippen LogP contribution is 2.32. The molecular weight excluding hydrogens is 388 g/mol. The van der Waals surface area contributed by atoms with Gasteiger partial charge in [0.05, 0.1) is 7.11 Å². The van der Waals surface area contributed by atoms with Gasteiger partial charge in [-0.2, -0.15) is 0 Å². The zero-order valence-electron chi connectivity index (χ0n) is 18.0. The first-order valence-corrected chi connectivity index (χ1v) is 9.77. The van der Waals surface area contributed by atoms with Crippen molar-refractivity contribution in [1.82, 2.24) is 4.57 Å². The number of aryl methyl sites for hydroxylation is 1. The fourth-order valence-corrected chi connectivity index (χ4v) is 3.32. The number of nitrogens with zero attached hydrogens (tertiary/aromatic N) is 1. The number of halogens is 2. The number of carbonyl (C=O) groups is 1. The fourth-order valence-electron chi connectivity index (χ4n) is 3.32. The van der Waals surface area contributed by atoms with Crippen molar-refractivity contribution < 1.29 is 18.3 Å². The molecule has 0 amide bonds. The van der Waals surface area contributed by atoms with Crippen LogP contribution in [-0.2, 0) is 11.3 Å². The van der Waals surface area contributed by atoms with Crippen molar-refractivity contribution in [1.29, 1.82) is 0 Å². The molecule has 1 heterocycles. The summed E-state index contributed by atoms with van der Waals surface area (Å²) in [6, 6.07) is 7.81. The Morgan fingerprint density at radius 2 is 1.83 bits per heavy atom. The molecule has 0 radical (unpaired) electrons. The topological polar surface area (TPSA) is 48.3 Å². The quantitative estimate of drug-likeness (QED) is 0.419. The van der Waals surface area contributed by atoms with E-state index in [1.54, 1.807) is 18.2 Å². The number of pyridine rings is 1. The molecule has 30 heavy (non-hydrogen) atoms. The smallest absolute Gasteiger partial charge is 0.343 e. The lowest BCUT2D eigenvalue weighted by Crippen LogP contribution is -2.21. The highest BCUT2D eigenvalue weighted by molar-refractivity contribution is 5.89. The standard InChI is InChI=1S/C24H27F2NO3/c1-6-11-27-14-20(24(29)30-5)22(28)13-21(27)16(4)12-19(15(2)3)17-9-7-8-10-18(17)23(25)26/h7-10,12-14,23H,6,11H2,1-5H3/b16-12+. The number of hydrogen-bond acceptors (Lipinski definition) is 3. The summed E-state index contributed by atoms with van der Waals surface area (Å²) in [7, 11) is 1.23. The minimum Gasteiger partial charge on any atom is -0.465 e. The Balaban J connectivity index is 2.67. The molecule has 0 aliphatic carbocycles. The van der Waals surface area contributed by atoms with Gasteiger partial charge in [-0.25, -0.2) is 13.6 Å². The molecule has 0 saturated carbocycles. The van der Waals surface area contributed by atoms with Crippen LogP contribution in [0.4, 0.5) is 8.78 Å². The number of ether oxygens (including phenoxy) is 1. The zero-order chi connectivity index (χ0) is 22.4. The van der Waals surface area contributed by atoms with Crippen molar-refractivity contribution in [3.8, 4) is 0 Å². The maximum Gasteiger partial charge on any atom is 0.343 e. The maximum atomic E-state index is 13.6. The van der Waals surface area contributed by atoms with E-state index in [1.807, 2.05) is 38.3 Å². The van der Waals surface area contributed by atoms with Crippen LogP contribution in [0.2, 0.25) is 0 Å². The summed E-state index contributed by atoms with van der Waals surface area (Å²) in [4.78, 5) is 24.4. The average Bonchev–Trinajstić information content (AvgIpc) is 2.72. The lowest BCUT2D eigenvalue weighted by atomic mass is 9.94. The Kier molecular flexibility index (Phi) is 7.86. The van der Waals surface area contributed by atoms with Gasteiger partial charge in [0.1, 0.15) is 5.56 Å². The summed E-state index contributed by atoms with van der Waals surface area (Å²) in [5.74, 6) is -0.686. The number of alkyl halides is 2. The molecule has 0 spiro atoms. The molecule has 1 aromatic heterocycles. The fraction of sp³-hybridized carbons (Fsp3) is 0.333. The van der Waals surface area contributed by atoms with E-state index in [0.29, 0.717) is 23.4 Å². The molecule has 0 unspecified atom stereocenters. The number of carbonyl (C=O) groups excluding carboxylic acids is 1. The summed E-state index contributed by atoms with van der Waals surface area (Å²) in [5.41, 5.74) is 2.86. The molecule has 1 aromatic carbocycles. The van der Waals surface area contributed by atoms with E-state index in [0.717, 1.165) is 17.6 Å². The van der Waals surface area contributed by atoms with E-state index >= 15 is 0 Å². The summed E-state index contributed by atoms with van der Waals surface area (Å²) in [6.45, 7) is 8.12. The molecule has 0 saturated heterocycles. The summed E-state index contributed by atoms with van der Waals surface area (Å²) < 4.78 is 33.6. The normalized spacial score (nSPS) is 11.5. The van der Waals surface area contributed by atoms with E-state index in [9.17, 15) is 18.4 Å². The Hall–Kier alpha value is -3.02. The van der Waals surface area contributed by atoms with Crippen LogP contribution in [-0.4, -0.2) is 17.6 Å². The number of rotatable bonds is 7. The highest BCUT2D eigenvalue weighted by atomic mass is 19.3. The second kappa shape index (κ2) is 10.1. The Morgan fingerprint density at radius 3 is 2.40 bits per heavy atom. The molecule has 0 atom stereocenters. The highest BCUT2D eigenvalue weighted by Gasteiger charge is 2.17. The van der Waals surface area contributed by atoms with Crippen molar-refractivity contribution in [2.24, 2.45) is 0 Å². The lowest BCUT2D eigenvalue weighted by molar-refractivity contribution is 0.0598. The Labute approximate surface area is 175 Å². The first-order chi connectivity index (χ1) is 14.2. The average molecular weight is 415 g/mol. The number of esters is 1. The summed E-state index contributed by atoms with van der Waals surface area (Å²) >= 11 is 0. The van der Waals surface area contributed by atoms with Crippen LogP contribution < -0.4 is 5.43 Å². The van der Waals surface area contributed by atoms with E-state index in [-0.39, 0.29) is 11.1 Å². The lowest BCUT2D eigenvalue weighted by Gasteiger charge is -2.17. The molecular formula is C24H27F2NO3. The van der Waals surface area contributed by atoms with Crippen LogP contribution in [0.25, 0.3) is 11.1 Å². The van der Waals surface area contributed by atoms with Crippen LogP contribution in [0.15, 0.2) is 53.0 Å². The third kappa shape index (κ3) is 5.12. The van der Waals surface area contributed by atoms with Crippen molar-refractivity contribution in [2.75, 3.05) is 7.11 Å². The predicted molar refractivity (Wildman–Crippen MR) is 116 cm³/mol. The number of aromatic nitrogens is 1. The Morgan fingerprint density at radius 1 is 1.17 bits per heavy atom. The van der Waals surface area contributed by atoms with Gasteiger partial charge in [0.15, 0.2) is 5.43 Å². The predicted octanol–water partition coefficient (Wildman–Crippen LogP) is 5.88. The van der Waals surface area contributed by atoms with Crippen LogP contribution in [0.3, 0.4) is 0 Å². The first-order valence-electron chi connectivity index (χ1n) is 9.77. The number of hydrogen-bond donors (Lipinski definition) is 0. The Bertz CT molecular complexity index is 1040. The molecule has 2 aromatic rings. The van der Waals surface area contributed by atoms with Gasteiger partial charge < -0.3 is 9.30 Å². The minimum absolute atomic E-state index is 0.0343. The van der Waals surface area contributed by atoms with Crippen LogP contribution >= 0.6 is 0 Å². The molecule has 0 bridgehead atoms. The number of benzene rings is 1. The van der Waals surface area contributed by atoms with Gasteiger partial charge in [0.25, 0.3) is 6.43 Å². The van der Waals surface area contributed by atoms with E-state index < -0.39 is 17.8 Å². The second-order valence-corrected chi connectivity index (χ2v) is 7.25. The number of methoxy groups -OCH3 is 1. The van der Waals surface area contributed by atoms with Crippen molar-refractivity contribution in [2.45, 2.75) is 47.1 Å². The van der Waals surface area contributed by atoms with Crippen molar-refractivity contribution in [3.05, 3.63) is 80.8 Å².